The highest BCUT2D eigenvalue weighted by Gasteiger charge is 2.13. The number of anilines is 3. The van der Waals surface area contributed by atoms with E-state index in [1.807, 2.05) is 37.3 Å². The lowest BCUT2D eigenvalue weighted by atomic mass is 10.3. The molecule has 0 saturated heterocycles. The van der Waals surface area contributed by atoms with Crippen LogP contribution in [-0.2, 0) is 0 Å². The summed E-state index contributed by atoms with van der Waals surface area (Å²) >= 11 is 1.36. The Balaban J connectivity index is 1.70. The van der Waals surface area contributed by atoms with Crippen molar-refractivity contribution in [2.75, 3.05) is 17.2 Å². The molecule has 0 aliphatic rings. The van der Waals surface area contributed by atoms with Gasteiger partial charge in [-0.1, -0.05) is 12.1 Å². The second-order valence-electron chi connectivity index (χ2n) is 4.79. The number of amides is 1. The normalized spacial score (nSPS) is 10.2. The molecule has 1 aromatic carbocycles. The van der Waals surface area contributed by atoms with Crippen molar-refractivity contribution in [2.45, 2.75) is 6.92 Å². The van der Waals surface area contributed by atoms with Crippen molar-refractivity contribution in [3.8, 4) is 5.75 Å². The number of nitrogens with one attached hydrogen (secondary N) is 2. The van der Waals surface area contributed by atoms with E-state index in [9.17, 15) is 4.79 Å². The molecule has 0 aliphatic heterocycles. The van der Waals surface area contributed by atoms with Crippen molar-refractivity contribution in [1.29, 1.82) is 0 Å². The van der Waals surface area contributed by atoms with Gasteiger partial charge < -0.3 is 15.4 Å². The van der Waals surface area contributed by atoms with E-state index >= 15 is 0 Å². The Morgan fingerprint density at radius 1 is 1.25 bits per heavy atom. The number of nitrogens with zero attached hydrogens (tertiary/aromatic N) is 2. The molecular weight excluding hydrogens is 324 g/mol. The van der Waals surface area contributed by atoms with Crippen molar-refractivity contribution < 1.29 is 9.53 Å². The quantitative estimate of drug-likeness (QED) is 0.711. The Labute approximate surface area is 143 Å². The van der Waals surface area contributed by atoms with Crippen molar-refractivity contribution >= 4 is 33.8 Å². The first-order valence-corrected chi connectivity index (χ1v) is 8.30. The second-order valence-corrected chi connectivity index (χ2v) is 5.65. The molecule has 0 bridgehead atoms. The van der Waals surface area contributed by atoms with Crippen LogP contribution in [-0.4, -0.2) is 22.5 Å². The Kier molecular flexibility index (Phi) is 5.02. The van der Waals surface area contributed by atoms with E-state index in [4.69, 9.17) is 4.74 Å². The topological polar surface area (TPSA) is 76.1 Å². The number of rotatable bonds is 6. The fourth-order valence-electron chi connectivity index (χ4n) is 2.03. The van der Waals surface area contributed by atoms with E-state index in [1.54, 1.807) is 23.8 Å². The predicted octanol–water partition coefficient (Wildman–Crippen LogP) is 3.93. The fourth-order valence-corrected chi connectivity index (χ4v) is 2.74. The number of pyridine rings is 1. The lowest BCUT2D eigenvalue weighted by Crippen LogP contribution is -2.13. The molecule has 7 heteroatoms. The van der Waals surface area contributed by atoms with Crippen LogP contribution in [0, 0.1) is 0 Å². The number of benzene rings is 1. The van der Waals surface area contributed by atoms with Gasteiger partial charge in [0.1, 0.15) is 11.4 Å². The number of carbonyl (C=O) groups excluding carboxylic acids is 1. The van der Waals surface area contributed by atoms with Crippen LogP contribution in [0.25, 0.3) is 0 Å². The summed E-state index contributed by atoms with van der Waals surface area (Å²) in [5.41, 5.74) is 1.79. The summed E-state index contributed by atoms with van der Waals surface area (Å²) in [5, 5.41) is 8.28. The SMILES string of the molecule is CCOc1ccccc1NC(=O)c1csc(Nc2cccnc2)n1. The largest absolute Gasteiger partial charge is 0.492 e. The molecule has 122 valence electrons. The van der Waals surface area contributed by atoms with Crippen LogP contribution in [0.5, 0.6) is 5.75 Å². The number of para-hydroxylation sites is 2. The number of thiazole rings is 1. The van der Waals surface area contributed by atoms with Crippen molar-refractivity contribution in [3.05, 3.63) is 59.9 Å². The molecule has 2 heterocycles. The van der Waals surface area contributed by atoms with Gasteiger partial charge in [-0.2, -0.15) is 0 Å². The highest BCUT2D eigenvalue weighted by Crippen LogP contribution is 2.25. The summed E-state index contributed by atoms with van der Waals surface area (Å²) in [6.45, 7) is 2.43. The fraction of sp³-hybridized carbons (Fsp3) is 0.118. The van der Waals surface area contributed by atoms with Crippen LogP contribution < -0.4 is 15.4 Å². The average molecular weight is 340 g/mol. The van der Waals surface area contributed by atoms with Gasteiger partial charge in [0.15, 0.2) is 5.13 Å². The average Bonchev–Trinajstić information content (AvgIpc) is 3.06. The van der Waals surface area contributed by atoms with Gasteiger partial charge in [-0.25, -0.2) is 4.98 Å². The standard InChI is InChI=1S/C17H16N4O2S/c1-2-23-15-8-4-3-7-13(15)20-16(22)14-11-24-17(21-14)19-12-6-5-9-18-10-12/h3-11H,2H2,1H3,(H,19,21)(H,20,22). The Morgan fingerprint density at radius 2 is 2.12 bits per heavy atom. The van der Waals surface area contributed by atoms with E-state index in [-0.39, 0.29) is 5.91 Å². The molecule has 0 fully saturated rings. The van der Waals surface area contributed by atoms with Crippen LogP contribution in [0.2, 0.25) is 0 Å². The first-order valence-electron chi connectivity index (χ1n) is 7.42. The third kappa shape index (κ3) is 3.88. The zero-order chi connectivity index (χ0) is 16.8. The van der Waals surface area contributed by atoms with Crippen LogP contribution in [0.4, 0.5) is 16.5 Å². The summed E-state index contributed by atoms with van der Waals surface area (Å²) in [4.78, 5) is 20.7. The maximum Gasteiger partial charge on any atom is 0.275 e. The van der Waals surface area contributed by atoms with Gasteiger partial charge in [0, 0.05) is 11.6 Å². The highest BCUT2D eigenvalue weighted by molar-refractivity contribution is 7.14. The van der Waals surface area contributed by atoms with Crippen molar-refractivity contribution in [1.82, 2.24) is 9.97 Å². The molecule has 3 aromatic rings. The van der Waals surface area contributed by atoms with Crippen molar-refractivity contribution in [2.24, 2.45) is 0 Å². The maximum atomic E-state index is 12.4. The highest BCUT2D eigenvalue weighted by atomic mass is 32.1. The van der Waals surface area contributed by atoms with Crippen LogP contribution in [0.1, 0.15) is 17.4 Å². The molecule has 24 heavy (non-hydrogen) atoms. The third-order valence-corrected chi connectivity index (χ3v) is 3.84. The minimum atomic E-state index is -0.280. The zero-order valence-corrected chi connectivity index (χ0v) is 13.8. The van der Waals surface area contributed by atoms with Gasteiger partial charge in [0.05, 0.1) is 24.2 Å². The Morgan fingerprint density at radius 3 is 2.92 bits per heavy atom. The second kappa shape index (κ2) is 7.56. The molecule has 0 atom stereocenters. The summed E-state index contributed by atoms with van der Waals surface area (Å²) in [5.74, 6) is 0.356. The lowest BCUT2D eigenvalue weighted by Gasteiger charge is -2.10. The monoisotopic (exact) mass is 340 g/mol. The number of ether oxygens (including phenoxy) is 1. The van der Waals surface area contributed by atoms with E-state index in [2.05, 4.69) is 20.6 Å². The molecular formula is C17H16N4O2S. The third-order valence-electron chi connectivity index (χ3n) is 3.08. The van der Waals surface area contributed by atoms with Crippen LogP contribution >= 0.6 is 11.3 Å². The van der Waals surface area contributed by atoms with Gasteiger partial charge in [-0.3, -0.25) is 9.78 Å². The number of hydrogen-bond acceptors (Lipinski definition) is 6. The molecule has 0 unspecified atom stereocenters. The number of hydrogen-bond donors (Lipinski definition) is 2. The van der Waals surface area contributed by atoms with Gasteiger partial charge in [0.25, 0.3) is 5.91 Å². The first-order chi connectivity index (χ1) is 11.8. The summed E-state index contributed by atoms with van der Waals surface area (Å²) in [6, 6.07) is 11.0. The van der Waals surface area contributed by atoms with E-state index in [1.165, 1.54) is 11.3 Å². The first kappa shape index (κ1) is 15.9. The number of aromatic nitrogens is 2. The van der Waals surface area contributed by atoms with E-state index in [0.29, 0.717) is 28.9 Å². The molecule has 0 saturated carbocycles. The van der Waals surface area contributed by atoms with Gasteiger partial charge in [-0.15, -0.1) is 11.3 Å². The predicted molar refractivity (Wildman–Crippen MR) is 95.2 cm³/mol. The van der Waals surface area contributed by atoms with Gasteiger partial charge >= 0.3 is 0 Å². The van der Waals surface area contributed by atoms with Crippen LogP contribution in [0.3, 0.4) is 0 Å². The molecule has 2 aromatic heterocycles. The maximum absolute atomic E-state index is 12.4. The molecule has 3 rings (SSSR count). The molecule has 0 radical (unpaired) electrons. The lowest BCUT2D eigenvalue weighted by molar-refractivity contribution is 0.102. The Hall–Kier alpha value is -2.93. The molecule has 1 amide bonds. The Bertz CT molecular complexity index is 820. The van der Waals surface area contributed by atoms with Crippen LogP contribution in [0.15, 0.2) is 54.2 Å². The molecule has 0 aliphatic carbocycles. The molecule has 2 N–H and O–H groups in total. The van der Waals surface area contributed by atoms with Gasteiger partial charge in [-0.05, 0) is 31.2 Å². The summed E-state index contributed by atoms with van der Waals surface area (Å²) in [7, 11) is 0. The van der Waals surface area contributed by atoms with E-state index < -0.39 is 0 Å². The minimum Gasteiger partial charge on any atom is -0.492 e. The van der Waals surface area contributed by atoms with E-state index in [0.717, 1.165) is 5.69 Å². The molecule has 0 spiro atoms. The zero-order valence-electron chi connectivity index (χ0n) is 13.0. The summed E-state index contributed by atoms with van der Waals surface area (Å²) < 4.78 is 5.51. The number of carbonyl (C=O) groups is 1. The minimum absolute atomic E-state index is 0.280. The molecule has 6 nitrogen and oxygen atoms in total. The van der Waals surface area contributed by atoms with Crippen molar-refractivity contribution in [3.63, 3.8) is 0 Å². The summed E-state index contributed by atoms with van der Waals surface area (Å²) in [6.07, 6.45) is 3.39. The van der Waals surface area contributed by atoms with Gasteiger partial charge in [0.2, 0.25) is 0 Å². The smallest absolute Gasteiger partial charge is 0.275 e.